The number of carbonyl (C=O) groups excluding carboxylic acids is 3. The summed E-state index contributed by atoms with van der Waals surface area (Å²) < 4.78 is 32.0. The molecule has 204 valence electrons. The SMILES string of the molecule is C=C(C)C(=O)Oc1ccc(-c2ccc(-c3ccc(OC(=O)C(=C)C)c4c3CCC4OC(=O)C(=C)C)c(F)c2)cc1. The number of fused-ring (bicyclic) bond motifs is 1. The maximum atomic E-state index is 15.6. The molecule has 7 heteroatoms. The second-order valence-electron chi connectivity index (χ2n) is 9.78. The first-order valence-corrected chi connectivity index (χ1v) is 12.6. The fraction of sp³-hybridized carbons (Fsp3) is 0.182. The molecule has 0 aromatic heterocycles. The van der Waals surface area contributed by atoms with E-state index < -0.39 is 29.8 Å². The summed E-state index contributed by atoms with van der Waals surface area (Å²) in [5.41, 5.74) is 4.36. The van der Waals surface area contributed by atoms with Gasteiger partial charge < -0.3 is 14.2 Å². The van der Waals surface area contributed by atoms with Gasteiger partial charge in [-0.25, -0.2) is 18.8 Å². The summed E-state index contributed by atoms with van der Waals surface area (Å²) in [6, 6.07) is 14.9. The highest BCUT2D eigenvalue weighted by Gasteiger charge is 2.33. The third kappa shape index (κ3) is 5.94. The van der Waals surface area contributed by atoms with E-state index in [0.717, 1.165) is 11.1 Å². The number of carbonyl (C=O) groups is 3. The third-order valence-electron chi connectivity index (χ3n) is 6.45. The summed E-state index contributed by atoms with van der Waals surface area (Å²) in [6.45, 7) is 15.5. The number of hydrogen-bond acceptors (Lipinski definition) is 6. The normalized spacial score (nSPS) is 13.7. The molecule has 1 unspecified atom stereocenters. The van der Waals surface area contributed by atoms with Crippen LogP contribution in [-0.4, -0.2) is 17.9 Å². The molecular formula is C33H29FO6. The maximum absolute atomic E-state index is 15.6. The molecule has 1 atom stereocenters. The molecular weight excluding hydrogens is 511 g/mol. The smallest absolute Gasteiger partial charge is 0.338 e. The van der Waals surface area contributed by atoms with Gasteiger partial charge in [-0.15, -0.1) is 0 Å². The monoisotopic (exact) mass is 540 g/mol. The molecule has 0 amide bonds. The van der Waals surface area contributed by atoms with Gasteiger partial charge in [0.2, 0.25) is 0 Å². The number of benzene rings is 3. The molecule has 0 heterocycles. The summed E-state index contributed by atoms with van der Waals surface area (Å²) in [7, 11) is 0. The molecule has 1 aliphatic carbocycles. The van der Waals surface area contributed by atoms with Gasteiger partial charge >= 0.3 is 17.9 Å². The van der Waals surface area contributed by atoms with E-state index in [-0.39, 0.29) is 22.5 Å². The van der Waals surface area contributed by atoms with Crippen molar-refractivity contribution in [1.29, 1.82) is 0 Å². The predicted molar refractivity (Wildman–Crippen MR) is 150 cm³/mol. The van der Waals surface area contributed by atoms with Crippen molar-refractivity contribution in [3.05, 3.63) is 108 Å². The molecule has 0 saturated heterocycles. The van der Waals surface area contributed by atoms with Gasteiger partial charge in [0.15, 0.2) is 0 Å². The molecule has 40 heavy (non-hydrogen) atoms. The molecule has 4 rings (SSSR count). The van der Waals surface area contributed by atoms with Crippen molar-refractivity contribution < 1.29 is 33.0 Å². The molecule has 3 aromatic carbocycles. The van der Waals surface area contributed by atoms with Crippen LogP contribution in [0, 0.1) is 5.82 Å². The van der Waals surface area contributed by atoms with Gasteiger partial charge in [-0.05, 0) is 80.1 Å². The van der Waals surface area contributed by atoms with Crippen LogP contribution in [-0.2, 0) is 25.5 Å². The topological polar surface area (TPSA) is 78.9 Å². The largest absolute Gasteiger partial charge is 0.454 e. The van der Waals surface area contributed by atoms with Crippen LogP contribution in [0.1, 0.15) is 44.4 Å². The van der Waals surface area contributed by atoms with Gasteiger partial charge in [0.05, 0.1) is 0 Å². The van der Waals surface area contributed by atoms with E-state index in [1.165, 1.54) is 13.0 Å². The second kappa shape index (κ2) is 11.5. The molecule has 0 spiro atoms. The van der Waals surface area contributed by atoms with Gasteiger partial charge in [0, 0.05) is 27.8 Å². The Hall–Kier alpha value is -4.78. The van der Waals surface area contributed by atoms with Crippen molar-refractivity contribution in [3.63, 3.8) is 0 Å². The quantitative estimate of drug-likeness (QED) is 0.170. The van der Waals surface area contributed by atoms with Gasteiger partial charge in [-0.3, -0.25) is 0 Å². The minimum atomic E-state index is -0.674. The summed E-state index contributed by atoms with van der Waals surface area (Å²) >= 11 is 0. The number of rotatable bonds is 8. The van der Waals surface area contributed by atoms with Crippen LogP contribution in [0.5, 0.6) is 11.5 Å². The Kier molecular flexibility index (Phi) is 8.14. The van der Waals surface area contributed by atoms with Crippen molar-refractivity contribution in [2.45, 2.75) is 39.7 Å². The lowest BCUT2D eigenvalue weighted by atomic mass is 9.93. The predicted octanol–water partition coefficient (Wildman–Crippen LogP) is 7.23. The maximum Gasteiger partial charge on any atom is 0.338 e. The summed E-state index contributed by atoms with van der Waals surface area (Å²) in [4.78, 5) is 36.3. The van der Waals surface area contributed by atoms with Gasteiger partial charge in [0.25, 0.3) is 0 Å². The van der Waals surface area contributed by atoms with Crippen molar-refractivity contribution in [3.8, 4) is 33.8 Å². The number of esters is 3. The van der Waals surface area contributed by atoms with Crippen molar-refractivity contribution >= 4 is 17.9 Å². The fourth-order valence-corrected chi connectivity index (χ4v) is 4.38. The summed E-state index contributed by atoms with van der Waals surface area (Å²) in [6.07, 6.45) is 0.264. The van der Waals surface area contributed by atoms with Gasteiger partial charge in [-0.1, -0.05) is 50.1 Å². The van der Waals surface area contributed by atoms with E-state index in [1.807, 2.05) is 0 Å². The first-order valence-electron chi connectivity index (χ1n) is 12.6. The van der Waals surface area contributed by atoms with Gasteiger partial charge in [0.1, 0.15) is 23.4 Å². The first-order chi connectivity index (χ1) is 19.0. The first kappa shape index (κ1) is 28.2. The highest BCUT2D eigenvalue weighted by atomic mass is 19.1. The Morgan fingerprint density at radius 3 is 1.93 bits per heavy atom. The number of halogens is 1. The molecule has 1 aliphatic rings. The summed E-state index contributed by atoms with van der Waals surface area (Å²) in [5.74, 6) is -1.54. The average molecular weight is 541 g/mol. The average Bonchev–Trinajstić information content (AvgIpc) is 3.33. The standard InChI is InChI=1S/C33H29FO6/c1-18(2)31(35)38-23-10-7-21(8-11-23)22-9-12-25(27(34)17-22)24-13-15-28(39-32(36)19(3)4)30-26(24)14-16-29(30)40-33(37)20(5)6/h7-13,15,17,29H,1,3,5,14,16H2,2,4,6H3. The van der Waals surface area contributed by atoms with Crippen LogP contribution in [0.3, 0.4) is 0 Å². The molecule has 0 N–H and O–H groups in total. The minimum absolute atomic E-state index is 0.218. The Morgan fingerprint density at radius 1 is 0.750 bits per heavy atom. The van der Waals surface area contributed by atoms with Crippen LogP contribution >= 0.6 is 0 Å². The number of ether oxygens (including phenoxy) is 3. The van der Waals surface area contributed by atoms with Crippen LogP contribution in [0.4, 0.5) is 4.39 Å². The molecule has 3 aromatic rings. The Bertz CT molecular complexity index is 1560. The summed E-state index contributed by atoms with van der Waals surface area (Å²) in [5, 5.41) is 0. The van der Waals surface area contributed by atoms with Crippen LogP contribution in [0.2, 0.25) is 0 Å². The second-order valence-corrected chi connectivity index (χ2v) is 9.78. The van der Waals surface area contributed by atoms with Crippen molar-refractivity contribution in [2.75, 3.05) is 0 Å². The Morgan fingerprint density at radius 2 is 1.32 bits per heavy atom. The lowest BCUT2D eigenvalue weighted by Crippen LogP contribution is -2.14. The van der Waals surface area contributed by atoms with Gasteiger partial charge in [-0.2, -0.15) is 0 Å². The van der Waals surface area contributed by atoms with E-state index in [1.54, 1.807) is 62.4 Å². The Labute approximate surface area is 232 Å². The van der Waals surface area contributed by atoms with E-state index in [2.05, 4.69) is 19.7 Å². The van der Waals surface area contributed by atoms with E-state index in [4.69, 9.17) is 14.2 Å². The fourth-order valence-electron chi connectivity index (χ4n) is 4.38. The van der Waals surface area contributed by atoms with Crippen LogP contribution in [0.15, 0.2) is 91.1 Å². The molecule has 0 radical (unpaired) electrons. The zero-order valence-corrected chi connectivity index (χ0v) is 22.6. The molecule has 0 bridgehead atoms. The minimum Gasteiger partial charge on any atom is -0.454 e. The zero-order chi connectivity index (χ0) is 29.1. The van der Waals surface area contributed by atoms with E-state index in [0.29, 0.717) is 40.8 Å². The highest BCUT2D eigenvalue weighted by Crippen LogP contribution is 2.46. The van der Waals surface area contributed by atoms with Crippen LogP contribution < -0.4 is 9.47 Å². The highest BCUT2D eigenvalue weighted by molar-refractivity contribution is 5.90. The molecule has 0 aliphatic heterocycles. The van der Waals surface area contributed by atoms with E-state index >= 15 is 4.39 Å². The van der Waals surface area contributed by atoms with E-state index in [9.17, 15) is 14.4 Å². The van der Waals surface area contributed by atoms with Crippen LogP contribution in [0.25, 0.3) is 22.3 Å². The molecule has 0 saturated carbocycles. The molecule has 6 nitrogen and oxygen atoms in total. The lowest BCUT2D eigenvalue weighted by Gasteiger charge is -2.19. The molecule has 0 fully saturated rings. The van der Waals surface area contributed by atoms with Crippen molar-refractivity contribution in [2.24, 2.45) is 0 Å². The van der Waals surface area contributed by atoms with Crippen molar-refractivity contribution in [1.82, 2.24) is 0 Å². The third-order valence-corrected chi connectivity index (χ3v) is 6.45. The Balaban J connectivity index is 1.69. The zero-order valence-electron chi connectivity index (χ0n) is 22.6. The lowest BCUT2D eigenvalue weighted by molar-refractivity contribution is -0.144. The number of hydrogen-bond donors (Lipinski definition) is 0.